The molecular formula is C17H27N3O2. The summed E-state index contributed by atoms with van der Waals surface area (Å²) in [6, 6.07) is 6.29. The monoisotopic (exact) mass is 305 g/mol. The molecule has 0 atom stereocenters. The van der Waals surface area contributed by atoms with Gasteiger partial charge in [-0.1, -0.05) is 57.6 Å². The third-order valence-electron chi connectivity index (χ3n) is 3.53. The van der Waals surface area contributed by atoms with Gasteiger partial charge in [0.25, 0.3) is 0 Å². The zero-order valence-electron chi connectivity index (χ0n) is 13.3. The Bertz CT molecular complexity index is 487. The van der Waals surface area contributed by atoms with Crippen molar-refractivity contribution in [1.82, 2.24) is 5.43 Å². The Morgan fingerprint density at radius 1 is 1.14 bits per heavy atom. The zero-order valence-corrected chi connectivity index (χ0v) is 13.3. The number of unbranched alkanes of at least 4 members (excludes halogenated alkanes) is 6. The van der Waals surface area contributed by atoms with Crippen LogP contribution in [0.15, 0.2) is 29.4 Å². The number of nitrogens with two attached hydrogens (primary N) is 1. The first-order valence-electron chi connectivity index (χ1n) is 8.05. The molecule has 5 nitrogen and oxygen atoms in total. The third kappa shape index (κ3) is 7.11. The van der Waals surface area contributed by atoms with Crippen LogP contribution in [0.2, 0.25) is 0 Å². The lowest BCUT2D eigenvalue weighted by Gasteiger charge is -2.09. The van der Waals surface area contributed by atoms with Gasteiger partial charge >= 0.3 is 6.03 Å². The first-order valence-corrected chi connectivity index (χ1v) is 8.05. The second-order valence-electron chi connectivity index (χ2n) is 5.42. The van der Waals surface area contributed by atoms with Gasteiger partial charge in [0.2, 0.25) is 0 Å². The number of phenols is 1. The Hall–Kier alpha value is -2.04. The van der Waals surface area contributed by atoms with Crippen LogP contribution < -0.4 is 11.2 Å². The number of para-hydroxylation sites is 1. The number of hydrogen-bond acceptors (Lipinski definition) is 3. The lowest BCUT2D eigenvalue weighted by molar-refractivity contribution is 0.249. The summed E-state index contributed by atoms with van der Waals surface area (Å²) >= 11 is 0. The highest BCUT2D eigenvalue weighted by molar-refractivity contribution is 6.03. The van der Waals surface area contributed by atoms with E-state index in [1.165, 1.54) is 32.1 Å². The molecule has 0 aliphatic carbocycles. The van der Waals surface area contributed by atoms with Crippen LogP contribution in [0, 0.1) is 0 Å². The van der Waals surface area contributed by atoms with Crippen LogP contribution in [0.3, 0.4) is 0 Å². The number of amides is 2. The number of carbonyl (C=O) groups is 1. The number of primary amides is 1. The zero-order chi connectivity index (χ0) is 16.2. The smallest absolute Gasteiger partial charge is 0.332 e. The molecule has 22 heavy (non-hydrogen) atoms. The van der Waals surface area contributed by atoms with Gasteiger partial charge in [-0.05, 0) is 25.0 Å². The summed E-state index contributed by atoms with van der Waals surface area (Å²) in [4.78, 5) is 10.8. The molecule has 0 aromatic heterocycles. The standard InChI is InChI=1S/C17H27N3O2/c1-2-3-4-5-6-7-8-12-15(19-20-17(18)22)14-11-9-10-13-16(14)21/h9-11,13,21H,2-8,12H2,1H3,(H3,18,20,22)/b19-15-. The molecule has 0 unspecified atom stereocenters. The number of urea groups is 1. The fourth-order valence-electron chi connectivity index (χ4n) is 2.34. The Balaban J connectivity index is 2.52. The second kappa shape index (κ2) is 10.7. The van der Waals surface area contributed by atoms with Gasteiger partial charge in [0.1, 0.15) is 5.75 Å². The lowest BCUT2D eigenvalue weighted by Crippen LogP contribution is -2.26. The van der Waals surface area contributed by atoms with Crippen LogP contribution >= 0.6 is 0 Å². The van der Waals surface area contributed by atoms with Crippen LogP contribution in [-0.4, -0.2) is 16.8 Å². The summed E-state index contributed by atoms with van der Waals surface area (Å²) in [6.07, 6.45) is 9.10. The average molecular weight is 305 g/mol. The van der Waals surface area contributed by atoms with Crippen molar-refractivity contribution in [2.45, 2.75) is 58.3 Å². The van der Waals surface area contributed by atoms with Gasteiger partial charge in [-0.3, -0.25) is 0 Å². The predicted molar refractivity (Wildman–Crippen MR) is 90.0 cm³/mol. The summed E-state index contributed by atoms with van der Waals surface area (Å²) in [5.74, 6) is 0.162. The van der Waals surface area contributed by atoms with Crippen LogP contribution in [0.5, 0.6) is 5.75 Å². The molecule has 1 aromatic rings. The first-order chi connectivity index (χ1) is 10.6. The summed E-state index contributed by atoms with van der Waals surface area (Å²) in [6.45, 7) is 2.21. The molecule has 0 heterocycles. The molecule has 122 valence electrons. The van der Waals surface area contributed by atoms with Crippen molar-refractivity contribution in [2.24, 2.45) is 10.8 Å². The summed E-state index contributed by atoms with van der Waals surface area (Å²) in [5, 5.41) is 14.0. The van der Waals surface area contributed by atoms with Crippen molar-refractivity contribution in [3.63, 3.8) is 0 Å². The molecule has 0 radical (unpaired) electrons. The molecule has 0 saturated heterocycles. The van der Waals surface area contributed by atoms with Crippen LogP contribution in [-0.2, 0) is 0 Å². The van der Waals surface area contributed by atoms with E-state index in [1.807, 2.05) is 6.07 Å². The highest BCUT2D eigenvalue weighted by Crippen LogP contribution is 2.20. The topological polar surface area (TPSA) is 87.7 Å². The number of carbonyl (C=O) groups excluding carboxylic acids is 1. The summed E-state index contributed by atoms with van der Waals surface area (Å²) < 4.78 is 0. The van der Waals surface area contributed by atoms with Crippen LogP contribution in [0.1, 0.15) is 63.9 Å². The fourth-order valence-corrected chi connectivity index (χ4v) is 2.34. The lowest BCUT2D eigenvalue weighted by atomic mass is 10.0. The minimum Gasteiger partial charge on any atom is -0.507 e. The average Bonchev–Trinajstić information content (AvgIpc) is 2.50. The number of hydrazone groups is 1. The SMILES string of the molecule is CCCCCCCCC/C(=N/NC(N)=O)c1ccccc1O. The van der Waals surface area contributed by atoms with E-state index in [-0.39, 0.29) is 5.75 Å². The third-order valence-corrected chi connectivity index (χ3v) is 3.53. The van der Waals surface area contributed by atoms with E-state index in [2.05, 4.69) is 17.5 Å². The van der Waals surface area contributed by atoms with Gasteiger partial charge in [-0.15, -0.1) is 0 Å². The van der Waals surface area contributed by atoms with Crippen molar-refractivity contribution in [3.05, 3.63) is 29.8 Å². The summed E-state index contributed by atoms with van der Waals surface area (Å²) in [5.41, 5.74) is 8.61. The first kappa shape index (κ1) is 18.0. The minimum atomic E-state index is -0.701. The Labute approximate surface area is 132 Å². The number of phenolic OH excluding ortho intramolecular Hbond substituents is 1. The fraction of sp³-hybridized carbons (Fsp3) is 0.529. The van der Waals surface area contributed by atoms with E-state index in [4.69, 9.17) is 5.73 Å². The number of rotatable bonds is 10. The predicted octanol–water partition coefficient (Wildman–Crippen LogP) is 3.91. The van der Waals surface area contributed by atoms with Crippen LogP contribution in [0.4, 0.5) is 4.79 Å². The van der Waals surface area contributed by atoms with Gasteiger partial charge in [-0.2, -0.15) is 5.10 Å². The molecule has 0 aliphatic rings. The van der Waals surface area contributed by atoms with Crippen molar-refractivity contribution in [1.29, 1.82) is 0 Å². The van der Waals surface area contributed by atoms with Gasteiger partial charge < -0.3 is 10.8 Å². The number of nitrogens with zero attached hydrogens (tertiary/aromatic N) is 1. The summed E-state index contributed by atoms with van der Waals surface area (Å²) in [7, 11) is 0. The molecule has 0 saturated carbocycles. The molecule has 1 aromatic carbocycles. The number of hydrogen-bond donors (Lipinski definition) is 3. The van der Waals surface area contributed by atoms with E-state index in [0.717, 1.165) is 12.8 Å². The van der Waals surface area contributed by atoms with Crippen molar-refractivity contribution < 1.29 is 9.90 Å². The Kier molecular flexibility index (Phi) is 8.72. The van der Waals surface area contributed by atoms with Crippen molar-refractivity contribution >= 4 is 11.7 Å². The van der Waals surface area contributed by atoms with E-state index < -0.39 is 6.03 Å². The molecule has 0 bridgehead atoms. The largest absolute Gasteiger partial charge is 0.507 e. The minimum absolute atomic E-state index is 0.162. The van der Waals surface area contributed by atoms with Gasteiger partial charge in [0.15, 0.2) is 0 Å². The molecular weight excluding hydrogens is 278 g/mol. The number of nitrogens with one attached hydrogen (secondary N) is 1. The highest BCUT2D eigenvalue weighted by atomic mass is 16.3. The van der Waals surface area contributed by atoms with E-state index in [0.29, 0.717) is 17.7 Å². The Morgan fingerprint density at radius 3 is 2.41 bits per heavy atom. The van der Waals surface area contributed by atoms with Crippen LogP contribution in [0.25, 0.3) is 0 Å². The van der Waals surface area contributed by atoms with E-state index >= 15 is 0 Å². The van der Waals surface area contributed by atoms with Gasteiger partial charge in [0, 0.05) is 5.56 Å². The van der Waals surface area contributed by atoms with Crippen molar-refractivity contribution in [3.8, 4) is 5.75 Å². The second-order valence-corrected chi connectivity index (χ2v) is 5.42. The molecule has 5 heteroatoms. The molecule has 0 spiro atoms. The molecule has 0 aliphatic heterocycles. The number of aromatic hydroxyl groups is 1. The normalized spacial score (nSPS) is 11.4. The van der Waals surface area contributed by atoms with Gasteiger partial charge in [-0.25, -0.2) is 10.2 Å². The molecule has 1 rings (SSSR count). The van der Waals surface area contributed by atoms with Crippen molar-refractivity contribution in [2.75, 3.05) is 0 Å². The molecule has 0 fully saturated rings. The number of benzene rings is 1. The van der Waals surface area contributed by atoms with E-state index in [1.54, 1.807) is 18.2 Å². The maximum absolute atomic E-state index is 10.8. The maximum Gasteiger partial charge on any atom is 0.332 e. The quantitative estimate of drug-likeness (QED) is 0.348. The van der Waals surface area contributed by atoms with Gasteiger partial charge in [0.05, 0.1) is 5.71 Å². The molecule has 2 amide bonds. The maximum atomic E-state index is 10.8. The van der Waals surface area contributed by atoms with E-state index in [9.17, 15) is 9.90 Å². The Morgan fingerprint density at radius 2 is 1.77 bits per heavy atom. The highest BCUT2D eigenvalue weighted by Gasteiger charge is 2.09. The molecule has 4 N–H and O–H groups in total.